The summed E-state index contributed by atoms with van der Waals surface area (Å²) in [7, 11) is 0. The predicted octanol–water partition coefficient (Wildman–Crippen LogP) is 3.35. The number of benzene rings is 1. The van der Waals surface area contributed by atoms with Gasteiger partial charge in [0.1, 0.15) is 11.6 Å². The van der Waals surface area contributed by atoms with Gasteiger partial charge >= 0.3 is 0 Å². The lowest BCUT2D eigenvalue weighted by Crippen LogP contribution is -2.24. The molecule has 0 bridgehead atoms. The van der Waals surface area contributed by atoms with Crippen LogP contribution in [0.25, 0.3) is 11.3 Å². The van der Waals surface area contributed by atoms with Gasteiger partial charge in [-0.15, -0.1) is 0 Å². The average molecular weight is 308 g/mol. The van der Waals surface area contributed by atoms with Crippen LogP contribution in [0.15, 0.2) is 28.7 Å². The molecule has 0 amide bonds. The monoisotopic (exact) mass is 307 g/mol. The quantitative estimate of drug-likeness (QED) is 0.914. The highest BCUT2D eigenvalue weighted by atomic mass is 79.9. The fourth-order valence-electron chi connectivity index (χ4n) is 1.96. The first kappa shape index (κ1) is 11.6. The van der Waals surface area contributed by atoms with Crippen LogP contribution < -0.4 is 10.5 Å². The molecule has 1 aliphatic rings. The van der Waals surface area contributed by atoms with E-state index in [-0.39, 0.29) is 0 Å². The molecule has 5 heteroatoms. The summed E-state index contributed by atoms with van der Waals surface area (Å²) in [5.41, 5.74) is 7.51. The molecule has 0 aliphatic heterocycles. The van der Waals surface area contributed by atoms with Crippen LogP contribution in [0.4, 0.5) is 5.82 Å². The number of rotatable bonds is 3. The summed E-state index contributed by atoms with van der Waals surface area (Å²) in [5, 5.41) is 6.88. The van der Waals surface area contributed by atoms with E-state index in [0.717, 1.165) is 34.3 Å². The molecule has 1 aliphatic carbocycles. The number of nitrogens with two attached hydrogens (primary N) is 1. The Kier molecular flexibility index (Phi) is 2.99. The molecule has 1 heterocycles. The maximum absolute atomic E-state index is 5.99. The molecule has 0 saturated heterocycles. The van der Waals surface area contributed by atoms with Crippen LogP contribution in [0.5, 0.6) is 5.75 Å². The van der Waals surface area contributed by atoms with Crippen molar-refractivity contribution in [2.75, 3.05) is 5.73 Å². The van der Waals surface area contributed by atoms with Gasteiger partial charge in [0.05, 0.1) is 11.8 Å². The molecule has 1 aromatic heterocycles. The number of nitrogen functional groups attached to an aromatic ring is 1. The smallest absolute Gasteiger partial charge is 0.145 e. The molecular weight excluding hydrogens is 294 g/mol. The number of hydrogen-bond acceptors (Lipinski definition) is 3. The number of nitrogens with one attached hydrogen (secondary N) is 1. The summed E-state index contributed by atoms with van der Waals surface area (Å²) in [5.74, 6) is 1.37. The Labute approximate surface area is 114 Å². The second-order valence-corrected chi connectivity index (χ2v) is 5.43. The largest absolute Gasteiger partial charge is 0.490 e. The standard InChI is InChI=1S/C13H14BrN3O/c14-8-4-5-12(18-9-2-1-3-9)10(6-8)11-7-13(15)17-16-11/h4-7,9H,1-3H2,(H3,15,16,17). The van der Waals surface area contributed by atoms with Gasteiger partial charge in [0.15, 0.2) is 0 Å². The van der Waals surface area contributed by atoms with Crippen molar-refractivity contribution in [3.05, 3.63) is 28.7 Å². The first-order valence-corrected chi connectivity index (χ1v) is 6.79. The number of ether oxygens (including phenoxy) is 1. The van der Waals surface area contributed by atoms with Crippen LogP contribution in [0, 0.1) is 0 Å². The maximum atomic E-state index is 5.99. The highest BCUT2D eigenvalue weighted by molar-refractivity contribution is 9.10. The summed E-state index contributed by atoms with van der Waals surface area (Å²) < 4.78 is 7.00. The zero-order valence-corrected chi connectivity index (χ0v) is 11.4. The van der Waals surface area contributed by atoms with Crippen LogP contribution in [0.1, 0.15) is 19.3 Å². The minimum absolute atomic E-state index is 0.352. The summed E-state index contributed by atoms with van der Waals surface area (Å²) in [6, 6.07) is 7.79. The van der Waals surface area contributed by atoms with Crippen molar-refractivity contribution >= 4 is 21.7 Å². The van der Waals surface area contributed by atoms with Crippen LogP contribution >= 0.6 is 15.9 Å². The van der Waals surface area contributed by atoms with Crippen molar-refractivity contribution in [3.8, 4) is 17.0 Å². The van der Waals surface area contributed by atoms with E-state index in [4.69, 9.17) is 10.5 Å². The van der Waals surface area contributed by atoms with Crippen molar-refractivity contribution < 1.29 is 4.74 Å². The first-order chi connectivity index (χ1) is 8.72. The van der Waals surface area contributed by atoms with Gasteiger partial charge in [-0.05, 0) is 37.5 Å². The van der Waals surface area contributed by atoms with Crippen molar-refractivity contribution in [2.24, 2.45) is 0 Å². The van der Waals surface area contributed by atoms with Gasteiger partial charge in [0, 0.05) is 16.1 Å². The lowest BCUT2D eigenvalue weighted by molar-refractivity contribution is 0.121. The van der Waals surface area contributed by atoms with Crippen molar-refractivity contribution in [3.63, 3.8) is 0 Å². The molecular formula is C13H14BrN3O. The van der Waals surface area contributed by atoms with Crippen LogP contribution in [-0.2, 0) is 0 Å². The third kappa shape index (κ3) is 2.22. The van der Waals surface area contributed by atoms with Crippen molar-refractivity contribution in [2.45, 2.75) is 25.4 Å². The fraction of sp³-hybridized carbons (Fsp3) is 0.308. The molecule has 4 nitrogen and oxygen atoms in total. The fourth-order valence-corrected chi connectivity index (χ4v) is 2.32. The molecule has 94 valence electrons. The Bertz CT molecular complexity index is 563. The Morgan fingerprint density at radius 1 is 1.33 bits per heavy atom. The highest BCUT2D eigenvalue weighted by Gasteiger charge is 2.21. The molecule has 0 radical (unpaired) electrons. The Morgan fingerprint density at radius 3 is 2.78 bits per heavy atom. The second-order valence-electron chi connectivity index (χ2n) is 4.52. The van der Waals surface area contributed by atoms with E-state index in [1.165, 1.54) is 6.42 Å². The van der Waals surface area contributed by atoms with Crippen molar-refractivity contribution in [1.29, 1.82) is 0 Å². The molecule has 18 heavy (non-hydrogen) atoms. The van der Waals surface area contributed by atoms with Crippen molar-refractivity contribution in [1.82, 2.24) is 10.2 Å². The van der Waals surface area contributed by atoms with Gasteiger partial charge in [-0.2, -0.15) is 5.10 Å². The topological polar surface area (TPSA) is 63.9 Å². The number of aromatic nitrogens is 2. The first-order valence-electron chi connectivity index (χ1n) is 6.00. The minimum Gasteiger partial charge on any atom is -0.490 e. The van der Waals surface area contributed by atoms with Gasteiger partial charge in [0.25, 0.3) is 0 Å². The molecule has 1 aromatic carbocycles. The normalized spacial score (nSPS) is 15.4. The summed E-state index contributed by atoms with van der Waals surface area (Å²) in [4.78, 5) is 0. The van der Waals surface area contributed by atoms with Crippen LogP contribution in [0.3, 0.4) is 0 Å². The van der Waals surface area contributed by atoms with E-state index in [1.807, 2.05) is 24.3 Å². The Balaban J connectivity index is 1.96. The number of hydrogen-bond donors (Lipinski definition) is 2. The van der Waals surface area contributed by atoms with E-state index in [0.29, 0.717) is 11.9 Å². The second kappa shape index (κ2) is 4.65. The lowest BCUT2D eigenvalue weighted by atomic mass is 9.96. The van der Waals surface area contributed by atoms with Gasteiger partial charge < -0.3 is 10.5 Å². The van der Waals surface area contributed by atoms with Gasteiger partial charge in [0.2, 0.25) is 0 Å². The number of aromatic amines is 1. The third-order valence-corrected chi connectivity index (χ3v) is 3.67. The van der Waals surface area contributed by atoms with Gasteiger partial charge in [-0.3, -0.25) is 5.10 Å². The zero-order chi connectivity index (χ0) is 12.5. The third-order valence-electron chi connectivity index (χ3n) is 3.18. The molecule has 1 fully saturated rings. The number of anilines is 1. The lowest BCUT2D eigenvalue weighted by Gasteiger charge is -2.27. The summed E-state index contributed by atoms with van der Waals surface area (Å²) in [6.45, 7) is 0. The van der Waals surface area contributed by atoms with Gasteiger partial charge in [-0.25, -0.2) is 0 Å². The Hall–Kier alpha value is -1.49. The Morgan fingerprint density at radius 2 is 2.17 bits per heavy atom. The number of nitrogens with zero attached hydrogens (tertiary/aromatic N) is 1. The number of halogens is 1. The predicted molar refractivity (Wildman–Crippen MR) is 74.4 cm³/mol. The minimum atomic E-state index is 0.352. The maximum Gasteiger partial charge on any atom is 0.145 e. The molecule has 2 aromatic rings. The molecule has 3 N–H and O–H groups in total. The van der Waals surface area contributed by atoms with E-state index in [1.54, 1.807) is 0 Å². The summed E-state index contributed by atoms with van der Waals surface area (Å²) >= 11 is 3.48. The zero-order valence-electron chi connectivity index (χ0n) is 9.82. The molecule has 0 spiro atoms. The van der Waals surface area contributed by atoms with E-state index in [9.17, 15) is 0 Å². The highest BCUT2D eigenvalue weighted by Crippen LogP contribution is 2.35. The molecule has 0 atom stereocenters. The molecule has 1 saturated carbocycles. The summed E-state index contributed by atoms with van der Waals surface area (Å²) in [6.07, 6.45) is 3.89. The SMILES string of the molecule is Nc1cc(-c2cc(Br)ccc2OC2CCC2)[nH]n1. The average Bonchev–Trinajstić information content (AvgIpc) is 2.71. The number of H-pyrrole nitrogens is 1. The van der Waals surface area contributed by atoms with Crippen LogP contribution in [0.2, 0.25) is 0 Å². The van der Waals surface area contributed by atoms with E-state index >= 15 is 0 Å². The van der Waals surface area contributed by atoms with Gasteiger partial charge in [-0.1, -0.05) is 15.9 Å². The molecule has 3 rings (SSSR count). The molecule has 0 unspecified atom stereocenters. The van der Waals surface area contributed by atoms with E-state index < -0.39 is 0 Å². The van der Waals surface area contributed by atoms with E-state index in [2.05, 4.69) is 26.1 Å². The van der Waals surface area contributed by atoms with Crippen LogP contribution in [-0.4, -0.2) is 16.3 Å².